The summed E-state index contributed by atoms with van der Waals surface area (Å²) in [4.78, 5) is 14.7. The first-order valence-corrected chi connectivity index (χ1v) is 3.87. The van der Waals surface area contributed by atoms with Crippen molar-refractivity contribution < 1.29 is 19.1 Å². The van der Waals surface area contributed by atoms with Crippen molar-refractivity contribution in [3.8, 4) is 5.75 Å². The normalized spacial score (nSPS) is 10.4. The van der Waals surface area contributed by atoms with Crippen molar-refractivity contribution in [1.29, 1.82) is 0 Å². The molecule has 72 valence electrons. The van der Waals surface area contributed by atoms with Crippen molar-refractivity contribution in [2.24, 2.45) is 0 Å². The molecular formula is C9H7NO4. The average molecular weight is 193 g/mol. The molecule has 0 saturated carbocycles. The van der Waals surface area contributed by atoms with E-state index >= 15 is 0 Å². The van der Waals surface area contributed by atoms with Crippen molar-refractivity contribution in [2.45, 2.75) is 0 Å². The van der Waals surface area contributed by atoms with Gasteiger partial charge in [0, 0.05) is 0 Å². The predicted octanol–water partition coefficient (Wildman–Crippen LogP) is 1.53. The number of ether oxygens (including phenoxy) is 1. The molecule has 0 fully saturated rings. The SMILES string of the molecule is COc1c(C(=O)O)ccc2ocnc12. The number of carbonyl (C=O) groups is 1. The van der Waals surface area contributed by atoms with Gasteiger partial charge in [0.05, 0.1) is 7.11 Å². The fraction of sp³-hybridized carbons (Fsp3) is 0.111. The summed E-state index contributed by atoms with van der Waals surface area (Å²) in [6.45, 7) is 0. The van der Waals surface area contributed by atoms with Gasteiger partial charge in [0.2, 0.25) is 0 Å². The number of rotatable bonds is 2. The molecule has 0 unspecified atom stereocenters. The molecule has 1 heterocycles. The van der Waals surface area contributed by atoms with Gasteiger partial charge in [-0.15, -0.1) is 0 Å². The van der Waals surface area contributed by atoms with E-state index < -0.39 is 5.97 Å². The topological polar surface area (TPSA) is 72.6 Å². The first kappa shape index (κ1) is 8.55. The summed E-state index contributed by atoms with van der Waals surface area (Å²) >= 11 is 0. The zero-order chi connectivity index (χ0) is 10.1. The second kappa shape index (κ2) is 3.02. The summed E-state index contributed by atoms with van der Waals surface area (Å²) in [5.41, 5.74) is 1.01. The van der Waals surface area contributed by atoms with E-state index in [2.05, 4.69) is 4.98 Å². The average Bonchev–Trinajstić information content (AvgIpc) is 2.63. The Kier molecular flexibility index (Phi) is 1.85. The maximum absolute atomic E-state index is 10.8. The third-order valence-corrected chi connectivity index (χ3v) is 1.89. The Bertz CT molecular complexity index is 489. The van der Waals surface area contributed by atoms with E-state index in [0.29, 0.717) is 11.1 Å². The number of methoxy groups -OCH3 is 1. The first-order valence-electron chi connectivity index (χ1n) is 3.87. The smallest absolute Gasteiger partial charge is 0.339 e. The lowest BCUT2D eigenvalue weighted by Gasteiger charge is -2.03. The minimum atomic E-state index is -1.05. The number of benzene rings is 1. The summed E-state index contributed by atoms with van der Waals surface area (Å²) in [6.07, 6.45) is 1.25. The largest absolute Gasteiger partial charge is 0.493 e. The molecule has 0 bridgehead atoms. The van der Waals surface area contributed by atoms with E-state index in [1.807, 2.05) is 0 Å². The number of carboxylic acid groups (broad SMARTS) is 1. The van der Waals surface area contributed by atoms with E-state index in [1.165, 1.54) is 19.6 Å². The molecule has 0 spiro atoms. The lowest BCUT2D eigenvalue weighted by atomic mass is 10.2. The molecule has 0 saturated heterocycles. The second-order valence-corrected chi connectivity index (χ2v) is 2.65. The van der Waals surface area contributed by atoms with E-state index in [1.54, 1.807) is 6.07 Å². The van der Waals surface area contributed by atoms with Crippen molar-refractivity contribution in [3.05, 3.63) is 24.1 Å². The zero-order valence-electron chi connectivity index (χ0n) is 7.35. The molecule has 0 atom stereocenters. The molecule has 1 aromatic heterocycles. The summed E-state index contributed by atoms with van der Waals surface area (Å²) < 4.78 is 9.99. The van der Waals surface area contributed by atoms with Gasteiger partial charge in [0.15, 0.2) is 23.2 Å². The third kappa shape index (κ3) is 1.10. The van der Waals surface area contributed by atoms with Gasteiger partial charge in [-0.05, 0) is 12.1 Å². The van der Waals surface area contributed by atoms with Gasteiger partial charge >= 0.3 is 5.97 Å². The summed E-state index contributed by atoms with van der Waals surface area (Å²) in [5.74, 6) is -0.824. The van der Waals surface area contributed by atoms with Gasteiger partial charge in [-0.1, -0.05) is 0 Å². The van der Waals surface area contributed by atoms with E-state index in [9.17, 15) is 4.79 Å². The molecule has 0 aliphatic rings. The molecule has 5 nitrogen and oxygen atoms in total. The Balaban J connectivity index is 2.78. The molecule has 0 aliphatic carbocycles. The highest BCUT2D eigenvalue weighted by Crippen LogP contribution is 2.28. The monoisotopic (exact) mass is 193 g/mol. The molecule has 2 aromatic rings. The highest BCUT2D eigenvalue weighted by atomic mass is 16.5. The molecule has 5 heteroatoms. The van der Waals surface area contributed by atoms with Crippen molar-refractivity contribution in [3.63, 3.8) is 0 Å². The van der Waals surface area contributed by atoms with Gasteiger partial charge in [0.1, 0.15) is 5.56 Å². The highest BCUT2D eigenvalue weighted by molar-refractivity contribution is 5.97. The van der Waals surface area contributed by atoms with Gasteiger partial charge in [-0.3, -0.25) is 0 Å². The van der Waals surface area contributed by atoms with Crippen LogP contribution in [0.15, 0.2) is 22.9 Å². The van der Waals surface area contributed by atoms with Crippen molar-refractivity contribution in [2.75, 3.05) is 7.11 Å². The van der Waals surface area contributed by atoms with Crippen LogP contribution in [0, 0.1) is 0 Å². The number of fused-ring (bicyclic) bond motifs is 1. The minimum Gasteiger partial charge on any atom is -0.493 e. The van der Waals surface area contributed by atoms with Crippen LogP contribution in [0.25, 0.3) is 11.1 Å². The molecule has 0 amide bonds. The fourth-order valence-electron chi connectivity index (χ4n) is 1.28. The van der Waals surface area contributed by atoms with Crippen LogP contribution in [-0.4, -0.2) is 23.2 Å². The van der Waals surface area contributed by atoms with Crippen LogP contribution in [0.5, 0.6) is 5.75 Å². The summed E-state index contributed by atoms with van der Waals surface area (Å²) in [6, 6.07) is 2.98. The van der Waals surface area contributed by atoms with Crippen LogP contribution in [0.4, 0.5) is 0 Å². The Hall–Kier alpha value is -2.04. The molecule has 1 N–H and O–H groups in total. The molecule has 1 aromatic carbocycles. The standard InChI is InChI=1S/C9H7NO4/c1-13-8-5(9(11)12)2-3-6-7(8)10-4-14-6/h2-4H,1H3,(H,11,12). The molecular weight excluding hydrogens is 186 g/mol. The van der Waals surface area contributed by atoms with Gasteiger partial charge < -0.3 is 14.3 Å². The number of nitrogens with zero attached hydrogens (tertiary/aromatic N) is 1. The number of aromatic carboxylic acids is 1. The van der Waals surface area contributed by atoms with Crippen LogP contribution in [0.1, 0.15) is 10.4 Å². The third-order valence-electron chi connectivity index (χ3n) is 1.89. The first-order chi connectivity index (χ1) is 6.74. The molecule has 0 radical (unpaired) electrons. The number of oxazole rings is 1. The Morgan fingerprint density at radius 2 is 2.36 bits per heavy atom. The Labute approximate surface area is 78.9 Å². The lowest BCUT2D eigenvalue weighted by molar-refractivity contribution is 0.0693. The fourth-order valence-corrected chi connectivity index (χ4v) is 1.28. The molecule has 0 aliphatic heterocycles. The number of aromatic nitrogens is 1. The van der Waals surface area contributed by atoms with Crippen LogP contribution in [0.3, 0.4) is 0 Å². The summed E-state index contributed by atoms with van der Waals surface area (Å²) in [5, 5.41) is 8.86. The molecule has 14 heavy (non-hydrogen) atoms. The zero-order valence-corrected chi connectivity index (χ0v) is 7.35. The van der Waals surface area contributed by atoms with Crippen LogP contribution in [0.2, 0.25) is 0 Å². The van der Waals surface area contributed by atoms with Gasteiger partial charge in [-0.25, -0.2) is 9.78 Å². The highest BCUT2D eigenvalue weighted by Gasteiger charge is 2.16. The maximum Gasteiger partial charge on any atom is 0.339 e. The second-order valence-electron chi connectivity index (χ2n) is 2.65. The van der Waals surface area contributed by atoms with Crippen LogP contribution >= 0.6 is 0 Å². The number of carboxylic acids is 1. The van der Waals surface area contributed by atoms with E-state index in [-0.39, 0.29) is 11.3 Å². The van der Waals surface area contributed by atoms with Gasteiger partial charge in [0.25, 0.3) is 0 Å². The van der Waals surface area contributed by atoms with E-state index in [4.69, 9.17) is 14.3 Å². The van der Waals surface area contributed by atoms with E-state index in [0.717, 1.165) is 0 Å². The quantitative estimate of drug-likeness (QED) is 0.782. The van der Waals surface area contributed by atoms with Crippen molar-refractivity contribution in [1.82, 2.24) is 4.98 Å². The minimum absolute atomic E-state index is 0.0777. The summed E-state index contributed by atoms with van der Waals surface area (Å²) in [7, 11) is 1.40. The Morgan fingerprint density at radius 1 is 1.57 bits per heavy atom. The van der Waals surface area contributed by atoms with Gasteiger partial charge in [-0.2, -0.15) is 0 Å². The number of hydrogen-bond acceptors (Lipinski definition) is 4. The lowest BCUT2D eigenvalue weighted by Crippen LogP contribution is -2.00. The van der Waals surface area contributed by atoms with Crippen LogP contribution in [-0.2, 0) is 0 Å². The number of hydrogen-bond donors (Lipinski definition) is 1. The van der Waals surface area contributed by atoms with Crippen LogP contribution < -0.4 is 4.74 Å². The maximum atomic E-state index is 10.8. The van der Waals surface area contributed by atoms with Crippen molar-refractivity contribution >= 4 is 17.1 Å². The Morgan fingerprint density at radius 3 is 3.00 bits per heavy atom. The predicted molar refractivity (Wildman–Crippen MR) is 47.5 cm³/mol. The molecule has 2 rings (SSSR count).